The van der Waals surface area contributed by atoms with Crippen LogP contribution >= 0.6 is 21.6 Å². The van der Waals surface area contributed by atoms with Crippen molar-refractivity contribution in [2.75, 3.05) is 12.3 Å². The van der Waals surface area contributed by atoms with Gasteiger partial charge in [-0.25, -0.2) is 0 Å². The van der Waals surface area contributed by atoms with Gasteiger partial charge in [-0.15, -0.1) is 0 Å². The van der Waals surface area contributed by atoms with E-state index in [2.05, 4.69) is 19.2 Å². The standard InChI is InChI=1S/C17H33NOS2/c1-15(2)9-5-3-4-8-13-18-17(19)11-7-6-10-16-12-14-20-21-16/h15-16H,3-14H2,1-2H3,(H,18,19). The van der Waals surface area contributed by atoms with Crippen molar-refractivity contribution in [3.8, 4) is 0 Å². The van der Waals surface area contributed by atoms with E-state index >= 15 is 0 Å². The van der Waals surface area contributed by atoms with Crippen LogP contribution in [0.3, 0.4) is 0 Å². The van der Waals surface area contributed by atoms with E-state index in [0.29, 0.717) is 0 Å². The molecule has 0 aromatic heterocycles. The number of unbranched alkanes of at least 4 members (excludes halogenated alkanes) is 4. The Kier molecular flexibility index (Phi) is 11.6. The molecule has 1 aliphatic rings. The van der Waals surface area contributed by atoms with Gasteiger partial charge < -0.3 is 5.32 Å². The number of carbonyl (C=O) groups excluding carboxylic acids is 1. The lowest BCUT2D eigenvalue weighted by Crippen LogP contribution is -2.24. The average molecular weight is 332 g/mol. The maximum Gasteiger partial charge on any atom is 0.219 e. The molecule has 1 aliphatic heterocycles. The highest BCUT2D eigenvalue weighted by Gasteiger charge is 2.15. The van der Waals surface area contributed by atoms with Crippen LogP contribution in [0.4, 0.5) is 0 Å². The average Bonchev–Trinajstić information content (AvgIpc) is 2.95. The molecule has 1 atom stereocenters. The molecule has 1 fully saturated rings. The highest BCUT2D eigenvalue weighted by atomic mass is 33.1. The van der Waals surface area contributed by atoms with Gasteiger partial charge in [-0.1, -0.05) is 67.5 Å². The predicted octanol–water partition coefficient (Wildman–Crippen LogP) is 5.42. The third kappa shape index (κ3) is 11.4. The maximum absolute atomic E-state index is 11.7. The summed E-state index contributed by atoms with van der Waals surface area (Å²) in [5.74, 6) is 2.39. The Hall–Kier alpha value is 0.170. The molecule has 0 spiro atoms. The van der Waals surface area contributed by atoms with Crippen LogP contribution < -0.4 is 5.32 Å². The van der Waals surface area contributed by atoms with Gasteiger partial charge in [0.15, 0.2) is 0 Å². The van der Waals surface area contributed by atoms with Gasteiger partial charge >= 0.3 is 0 Å². The number of amides is 1. The molecular formula is C17H33NOS2. The third-order valence-electron chi connectivity index (χ3n) is 3.94. The van der Waals surface area contributed by atoms with E-state index in [1.54, 1.807) is 0 Å². The minimum atomic E-state index is 0.255. The highest BCUT2D eigenvalue weighted by molar-refractivity contribution is 8.77. The summed E-state index contributed by atoms with van der Waals surface area (Å²) in [5, 5.41) is 3.91. The molecule has 1 heterocycles. The van der Waals surface area contributed by atoms with Crippen LogP contribution in [0.1, 0.15) is 78.1 Å². The zero-order chi connectivity index (χ0) is 15.3. The summed E-state index contributed by atoms with van der Waals surface area (Å²) in [6, 6.07) is 0. The SMILES string of the molecule is CC(C)CCCCCCNC(=O)CCCCC1CCSS1. The third-order valence-corrected chi connectivity index (χ3v) is 6.94. The van der Waals surface area contributed by atoms with Crippen LogP contribution in [0.25, 0.3) is 0 Å². The van der Waals surface area contributed by atoms with Crippen LogP contribution in [0.2, 0.25) is 0 Å². The fraction of sp³-hybridized carbons (Fsp3) is 0.941. The Labute approximate surface area is 139 Å². The van der Waals surface area contributed by atoms with Gasteiger partial charge in [0, 0.05) is 24.0 Å². The molecule has 0 saturated carbocycles. The van der Waals surface area contributed by atoms with Crippen LogP contribution in [0.15, 0.2) is 0 Å². The second-order valence-corrected chi connectivity index (χ2v) is 9.31. The van der Waals surface area contributed by atoms with E-state index in [0.717, 1.165) is 37.0 Å². The van der Waals surface area contributed by atoms with E-state index in [1.807, 2.05) is 21.6 Å². The van der Waals surface area contributed by atoms with E-state index in [1.165, 1.54) is 50.7 Å². The minimum Gasteiger partial charge on any atom is -0.356 e. The Morgan fingerprint density at radius 3 is 2.67 bits per heavy atom. The molecule has 124 valence electrons. The van der Waals surface area contributed by atoms with Crippen LogP contribution in [0, 0.1) is 5.92 Å². The monoisotopic (exact) mass is 331 g/mol. The van der Waals surface area contributed by atoms with E-state index in [4.69, 9.17) is 0 Å². The van der Waals surface area contributed by atoms with Crippen molar-refractivity contribution in [2.24, 2.45) is 5.92 Å². The van der Waals surface area contributed by atoms with Crippen molar-refractivity contribution < 1.29 is 4.79 Å². The summed E-state index contributed by atoms with van der Waals surface area (Å²) in [6.07, 6.45) is 12.0. The Bertz CT molecular complexity index is 266. The first-order valence-corrected chi connectivity index (χ1v) is 11.1. The van der Waals surface area contributed by atoms with Crippen molar-refractivity contribution in [3.05, 3.63) is 0 Å². The number of hydrogen-bond acceptors (Lipinski definition) is 3. The van der Waals surface area contributed by atoms with Gasteiger partial charge in [0.25, 0.3) is 0 Å². The zero-order valence-corrected chi connectivity index (χ0v) is 15.5. The smallest absolute Gasteiger partial charge is 0.219 e. The fourth-order valence-corrected chi connectivity index (χ4v) is 5.60. The Morgan fingerprint density at radius 2 is 1.95 bits per heavy atom. The second kappa shape index (κ2) is 12.7. The van der Waals surface area contributed by atoms with E-state index < -0.39 is 0 Å². The molecule has 0 aliphatic carbocycles. The Morgan fingerprint density at radius 1 is 1.14 bits per heavy atom. The topological polar surface area (TPSA) is 29.1 Å². The maximum atomic E-state index is 11.7. The van der Waals surface area contributed by atoms with Gasteiger partial charge in [-0.3, -0.25) is 4.79 Å². The van der Waals surface area contributed by atoms with Gasteiger partial charge in [-0.05, 0) is 31.6 Å². The molecule has 2 nitrogen and oxygen atoms in total. The van der Waals surface area contributed by atoms with Gasteiger partial charge in [0.1, 0.15) is 0 Å². The van der Waals surface area contributed by atoms with Crippen LogP contribution in [0.5, 0.6) is 0 Å². The largest absolute Gasteiger partial charge is 0.356 e. The molecule has 21 heavy (non-hydrogen) atoms. The summed E-state index contributed by atoms with van der Waals surface area (Å²) in [5.41, 5.74) is 0. The van der Waals surface area contributed by atoms with Crippen molar-refractivity contribution in [3.63, 3.8) is 0 Å². The lowest BCUT2D eigenvalue weighted by Gasteiger charge is -2.08. The summed E-state index contributed by atoms with van der Waals surface area (Å²) in [4.78, 5) is 11.7. The molecule has 0 radical (unpaired) electrons. The molecule has 1 saturated heterocycles. The molecule has 1 unspecified atom stereocenters. The molecule has 0 aromatic rings. The fourth-order valence-electron chi connectivity index (χ4n) is 2.57. The number of hydrogen-bond donors (Lipinski definition) is 1. The molecule has 0 bridgehead atoms. The lowest BCUT2D eigenvalue weighted by atomic mass is 10.0. The summed E-state index contributed by atoms with van der Waals surface area (Å²) < 4.78 is 0. The van der Waals surface area contributed by atoms with Crippen molar-refractivity contribution >= 4 is 27.5 Å². The first-order chi connectivity index (χ1) is 10.2. The van der Waals surface area contributed by atoms with Gasteiger partial charge in [0.2, 0.25) is 5.91 Å². The van der Waals surface area contributed by atoms with Crippen LogP contribution in [-0.2, 0) is 4.79 Å². The number of carbonyl (C=O) groups is 1. The van der Waals surface area contributed by atoms with Gasteiger partial charge in [-0.2, -0.15) is 0 Å². The summed E-state index contributed by atoms with van der Waals surface area (Å²) in [6.45, 7) is 5.44. The highest BCUT2D eigenvalue weighted by Crippen LogP contribution is 2.39. The normalized spacial score (nSPS) is 18.3. The van der Waals surface area contributed by atoms with Crippen molar-refractivity contribution in [2.45, 2.75) is 83.3 Å². The summed E-state index contributed by atoms with van der Waals surface area (Å²) in [7, 11) is 4.05. The Balaban J connectivity index is 1.80. The van der Waals surface area contributed by atoms with Crippen molar-refractivity contribution in [1.29, 1.82) is 0 Å². The zero-order valence-electron chi connectivity index (χ0n) is 13.9. The minimum absolute atomic E-state index is 0.255. The van der Waals surface area contributed by atoms with E-state index in [9.17, 15) is 4.79 Å². The van der Waals surface area contributed by atoms with E-state index in [-0.39, 0.29) is 5.91 Å². The first-order valence-electron chi connectivity index (χ1n) is 8.73. The number of rotatable bonds is 12. The molecule has 1 N–H and O–H groups in total. The molecule has 0 aromatic carbocycles. The quantitative estimate of drug-likeness (QED) is 0.382. The van der Waals surface area contributed by atoms with Crippen molar-refractivity contribution in [1.82, 2.24) is 5.32 Å². The molecule has 4 heteroatoms. The number of nitrogens with one attached hydrogen (secondary N) is 1. The first kappa shape index (κ1) is 19.2. The van der Waals surface area contributed by atoms with Crippen LogP contribution in [-0.4, -0.2) is 23.5 Å². The lowest BCUT2D eigenvalue weighted by molar-refractivity contribution is -0.121. The summed E-state index contributed by atoms with van der Waals surface area (Å²) >= 11 is 0. The molecule has 1 amide bonds. The molecular weight excluding hydrogens is 298 g/mol. The predicted molar refractivity (Wildman–Crippen MR) is 97.9 cm³/mol. The second-order valence-electron chi connectivity index (χ2n) is 6.52. The molecule has 1 rings (SSSR count). The van der Waals surface area contributed by atoms with Gasteiger partial charge in [0.05, 0.1) is 0 Å².